The Bertz CT molecular complexity index is 1290. The van der Waals surface area contributed by atoms with Gasteiger partial charge in [0.25, 0.3) is 0 Å². The molecule has 1 fully saturated rings. The van der Waals surface area contributed by atoms with Crippen LogP contribution in [-0.2, 0) is 11.2 Å². The summed E-state index contributed by atoms with van der Waals surface area (Å²) in [5, 5.41) is 5.70. The van der Waals surface area contributed by atoms with E-state index in [0.29, 0.717) is 19.5 Å². The molecule has 4 aromatic rings. The molecule has 0 aliphatic carbocycles. The summed E-state index contributed by atoms with van der Waals surface area (Å²) in [7, 11) is 1.64. The zero-order chi connectivity index (χ0) is 22.9. The Morgan fingerprint density at radius 3 is 2.55 bits per heavy atom. The minimum Gasteiger partial charge on any atom is -0.497 e. The Balaban J connectivity index is 1.28. The van der Waals surface area contributed by atoms with Crippen molar-refractivity contribution in [1.82, 2.24) is 19.7 Å². The Hall–Kier alpha value is -3.39. The van der Waals surface area contributed by atoms with Gasteiger partial charge in [-0.3, -0.25) is 4.79 Å². The lowest BCUT2D eigenvalue weighted by Gasteiger charge is -2.34. The number of rotatable bonds is 5. The maximum absolute atomic E-state index is 12.8. The SMILES string of the molecule is COc1cccc(CC(=O)N2CCN(c3nc4c(s3)c(C)nn4-c3ccc(C)cc3)CC2)c1. The van der Waals surface area contributed by atoms with E-state index < -0.39 is 0 Å². The molecule has 170 valence electrons. The highest BCUT2D eigenvalue weighted by Crippen LogP contribution is 2.33. The minimum absolute atomic E-state index is 0.151. The van der Waals surface area contributed by atoms with Crippen LogP contribution >= 0.6 is 11.3 Å². The van der Waals surface area contributed by atoms with E-state index in [0.717, 1.165) is 51.3 Å². The van der Waals surface area contributed by atoms with Gasteiger partial charge in [0.05, 0.1) is 29.6 Å². The van der Waals surface area contributed by atoms with Gasteiger partial charge in [0.15, 0.2) is 10.8 Å². The lowest BCUT2D eigenvalue weighted by Crippen LogP contribution is -2.49. The number of hydrogen-bond acceptors (Lipinski definition) is 6. The van der Waals surface area contributed by atoms with Crippen molar-refractivity contribution >= 4 is 32.7 Å². The van der Waals surface area contributed by atoms with E-state index in [9.17, 15) is 4.79 Å². The van der Waals surface area contributed by atoms with E-state index in [2.05, 4.69) is 36.1 Å². The van der Waals surface area contributed by atoms with Gasteiger partial charge >= 0.3 is 0 Å². The van der Waals surface area contributed by atoms with Crippen molar-refractivity contribution in [3.63, 3.8) is 0 Å². The number of thiazole rings is 1. The normalized spacial score (nSPS) is 14.2. The minimum atomic E-state index is 0.151. The molecule has 2 aromatic heterocycles. The molecule has 0 radical (unpaired) electrons. The summed E-state index contributed by atoms with van der Waals surface area (Å²) < 4.78 is 8.31. The first-order valence-corrected chi connectivity index (χ1v) is 11.9. The molecule has 1 aliphatic heterocycles. The molecule has 0 N–H and O–H groups in total. The summed E-state index contributed by atoms with van der Waals surface area (Å²) in [6.45, 7) is 7.05. The molecule has 8 heteroatoms. The number of nitrogens with zero attached hydrogens (tertiary/aromatic N) is 5. The third-order valence-corrected chi connectivity index (χ3v) is 7.26. The van der Waals surface area contributed by atoms with Crippen LogP contribution in [0.2, 0.25) is 0 Å². The van der Waals surface area contributed by atoms with Crippen molar-refractivity contribution in [2.75, 3.05) is 38.2 Å². The van der Waals surface area contributed by atoms with Crippen molar-refractivity contribution in [1.29, 1.82) is 0 Å². The van der Waals surface area contributed by atoms with E-state index in [1.165, 1.54) is 5.56 Å². The number of benzene rings is 2. The number of carbonyl (C=O) groups excluding carboxylic acids is 1. The molecule has 7 nitrogen and oxygen atoms in total. The topological polar surface area (TPSA) is 63.5 Å². The molecule has 1 aliphatic rings. The molecular weight excluding hydrogens is 434 g/mol. The predicted octanol–water partition coefficient (Wildman–Crippen LogP) is 4.00. The standard InChI is InChI=1S/C25H27N5O2S/c1-17-7-9-20(10-8-17)30-24-23(18(2)27-30)33-25(26-24)29-13-11-28(12-14-29)22(31)16-19-5-4-6-21(15-19)32-3/h4-10,15H,11-14,16H2,1-3H3. The molecule has 0 bridgehead atoms. The molecule has 0 unspecified atom stereocenters. The van der Waals surface area contributed by atoms with Crippen molar-refractivity contribution in [2.45, 2.75) is 20.3 Å². The lowest BCUT2D eigenvalue weighted by molar-refractivity contribution is -0.130. The van der Waals surface area contributed by atoms with E-state index in [4.69, 9.17) is 14.8 Å². The van der Waals surface area contributed by atoms with Crippen molar-refractivity contribution in [2.24, 2.45) is 0 Å². The van der Waals surface area contributed by atoms with Crippen LogP contribution in [0.1, 0.15) is 16.8 Å². The lowest BCUT2D eigenvalue weighted by atomic mass is 10.1. The summed E-state index contributed by atoms with van der Waals surface area (Å²) in [6.07, 6.45) is 0.393. The average molecular weight is 462 g/mol. The van der Waals surface area contributed by atoms with Crippen LogP contribution in [0, 0.1) is 13.8 Å². The second-order valence-electron chi connectivity index (χ2n) is 8.38. The van der Waals surface area contributed by atoms with E-state index in [-0.39, 0.29) is 5.91 Å². The Labute approximate surface area is 197 Å². The van der Waals surface area contributed by atoms with E-state index in [1.54, 1.807) is 18.4 Å². The summed E-state index contributed by atoms with van der Waals surface area (Å²) >= 11 is 1.68. The largest absolute Gasteiger partial charge is 0.497 e. The molecular formula is C25H27N5O2S. The maximum Gasteiger partial charge on any atom is 0.227 e. The van der Waals surface area contributed by atoms with Gasteiger partial charge in [0, 0.05) is 26.2 Å². The molecule has 2 aromatic carbocycles. The quantitative estimate of drug-likeness (QED) is 0.450. The van der Waals surface area contributed by atoms with Gasteiger partial charge in [0.1, 0.15) is 5.75 Å². The van der Waals surface area contributed by atoms with Crippen LogP contribution in [0.4, 0.5) is 5.13 Å². The van der Waals surface area contributed by atoms with Crippen molar-refractivity contribution in [3.05, 3.63) is 65.4 Å². The number of hydrogen-bond donors (Lipinski definition) is 0. The highest BCUT2D eigenvalue weighted by atomic mass is 32.1. The molecule has 3 heterocycles. The summed E-state index contributed by atoms with van der Waals surface area (Å²) in [5.41, 5.74) is 5.10. The number of amides is 1. The highest BCUT2D eigenvalue weighted by Gasteiger charge is 2.25. The first kappa shape index (κ1) is 21.5. The van der Waals surface area contributed by atoms with Gasteiger partial charge in [0.2, 0.25) is 5.91 Å². The van der Waals surface area contributed by atoms with Crippen LogP contribution in [0.15, 0.2) is 48.5 Å². The predicted molar refractivity (Wildman–Crippen MR) is 132 cm³/mol. The monoisotopic (exact) mass is 461 g/mol. The van der Waals surface area contributed by atoms with Gasteiger partial charge in [-0.25, -0.2) is 4.68 Å². The molecule has 1 amide bonds. The fourth-order valence-corrected chi connectivity index (χ4v) is 5.18. The van der Waals surface area contributed by atoms with Crippen LogP contribution in [-0.4, -0.2) is 58.9 Å². The number of anilines is 1. The highest BCUT2D eigenvalue weighted by molar-refractivity contribution is 7.22. The third-order valence-electron chi connectivity index (χ3n) is 6.05. The van der Waals surface area contributed by atoms with Crippen molar-refractivity contribution < 1.29 is 9.53 Å². The smallest absolute Gasteiger partial charge is 0.227 e. The Kier molecular flexibility index (Phi) is 5.76. The number of fused-ring (bicyclic) bond motifs is 1. The zero-order valence-corrected chi connectivity index (χ0v) is 19.9. The van der Waals surface area contributed by atoms with Crippen LogP contribution < -0.4 is 9.64 Å². The van der Waals surface area contributed by atoms with Gasteiger partial charge in [-0.15, -0.1) is 0 Å². The van der Waals surface area contributed by atoms with Crippen LogP contribution in [0.3, 0.4) is 0 Å². The first-order chi connectivity index (χ1) is 16.0. The third kappa shape index (κ3) is 4.30. The second kappa shape index (κ2) is 8.86. The maximum atomic E-state index is 12.8. The summed E-state index contributed by atoms with van der Waals surface area (Å²) in [6, 6.07) is 16.0. The van der Waals surface area contributed by atoms with Crippen LogP contribution in [0.25, 0.3) is 16.0 Å². The molecule has 5 rings (SSSR count). The fraction of sp³-hybridized carbons (Fsp3) is 0.320. The molecule has 1 saturated heterocycles. The number of methoxy groups -OCH3 is 1. The van der Waals surface area contributed by atoms with Gasteiger partial charge in [-0.1, -0.05) is 41.2 Å². The number of ether oxygens (including phenoxy) is 1. The Morgan fingerprint density at radius 1 is 1.06 bits per heavy atom. The molecule has 33 heavy (non-hydrogen) atoms. The Morgan fingerprint density at radius 2 is 1.82 bits per heavy atom. The van der Waals surface area contributed by atoms with Gasteiger partial charge in [-0.2, -0.15) is 10.1 Å². The zero-order valence-electron chi connectivity index (χ0n) is 19.1. The van der Waals surface area contributed by atoms with Crippen molar-refractivity contribution in [3.8, 4) is 11.4 Å². The second-order valence-corrected chi connectivity index (χ2v) is 9.36. The fourth-order valence-electron chi connectivity index (χ4n) is 4.14. The molecule has 0 atom stereocenters. The number of aryl methyl sites for hydroxylation is 2. The molecule has 0 saturated carbocycles. The van der Waals surface area contributed by atoms with E-state index in [1.807, 2.05) is 40.8 Å². The van der Waals surface area contributed by atoms with Gasteiger partial charge < -0.3 is 14.5 Å². The summed E-state index contributed by atoms with van der Waals surface area (Å²) in [5.74, 6) is 0.929. The van der Waals surface area contributed by atoms with E-state index >= 15 is 0 Å². The average Bonchev–Trinajstić information content (AvgIpc) is 3.40. The summed E-state index contributed by atoms with van der Waals surface area (Å²) in [4.78, 5) is 22.0. The number of carbonyl (C=O) groups is 1. The van der Waals surface area contributed by atoms with Gasteiger partial charge in [-0.05, 0) is 43.7 Å². The number of piperazine rings is 1. The first-order valence-electron chi connectivity index (χ1n) is 11.1. The van der Waals surface area contributed by atoms with Crippen LogP contribution in [0.5, 0.6) is 5.75 Å². The number of aromatic nitrogens is 3. The molecule has 0 spiro atoms.